The third kappa shape index (κ3) is 14.6. The Morgan fingerprint density at radius 1 is 0.369 bits per heavy atom. The Kier molecular flexibility index (Phi) is 18.3. The molecule has 0 saturated carbocycles. The predicted octanol–water partition coefficient (Wildman–Crippen LogP) is 15.7. The molecule has 0 saturated heterocycles. The lowest BCUT2D eigenvalue weighted by atomic mass is 9.93. The number of Topliss-reactive ketones (excluding diaryl/α,β-unsaturated/α-hetero) is 1. The standard InChI is InChI=1S/C37H34O5.C37H32O5/c2*1-26-19-34(40-24-28-13-7-3-8-14-28)31-22-32(38)37(42-35(31)20-26)30-17-18-33(39-23-27-11-5-2-6-12-27)36(21-30)41-25-29-15-9-4-10-16-29/h2-21,32,37-38H,22-25H2,1H3;2-21,37H,22-25H2,1H3. The van der Waals surface area contributed by atoms with Crippen LogP contribution >= 0.6 is 0 Å². The summed E-state index contributed by atoms with van der Waals surface area (Å²) in [5.41, 5.74) is 11.6. The highest BCUT2D eigenvalue weighted by Gasteiger charge is 2.34. The topological polar surface area (TPSA) is 111 Å². The summed E-state index contributed by atoms with van der Waals surface area (Å²) >= 11 is 0. The molecule has 0 aliphatic carbocycles. The van der Waals surface area contributed by atoms with Crippen LogP contribution in [0.1, 0.15) is 79.0 Å². The van der Waals surface area contributed by atoms with Gasteiger partial charge in [-0.15, -0.1) is 0 Å². The molecular formula is C74H66O10. The van der Waals surface area contributed by atoms with Crippen molar-refractivity contribution in [2.24, 2.45) is 0 Å². The zero-order valence-electron chi connectivity index (χ0n) is 47.1. The fraction of sp³-hybridized carbons (Fsp3) is 0.176. The number of carbonyl (C=O) groups is 1. The van der Waals surface area contributed by atoms with Crippen molar-refractivity contribution in [3.05, 3.63) is 309 Å². The Morgan fingerprint density at radius 3 is 1.11 bits per heavy atom. The Balaban J connectivity index is 0.000000175. The normalized spacial score (nSPS) is 14.9. The third-order valence-corrected chi connectivity index (χ3v) is 14.5. The molecule has 2 heterocycles. The van der Waals surface area contributed by atoms with Gasteiger partial charge in [-0.1, -0.05) is 194 Å². The van der Waals surface area contributed by atoms with E-state index in [4.69, 9.17) is 37.9 Å². The molecule has 2 aliphatic heterocycles. The van der Waals surface area contributed by atoms with Gasteiger partial charge in [-0.3, -0.25) is 4.79 Å². The van der Waals surface area contributed by atoms with Gasteiger partial charge in [0, 0.05) is 29.5 Å². The van der Waals surface area contributed by atoms with Crippen LogP contribution in [0.3, 0.4) is 0 Å². The van der Waals surface area contributed by atoms with Gasteiger partial charge in [-0.25, -0.2) is 0 Å². The van der Waals surface area contributed by atoms with Gasteiger partial charge in [-0.05, 0) is 112 Å². The highest BCUT2D eigenvalue weighted by molar-refractivity contribution is 5.89. The fourth-order valence-corrected chi connectivity index (χ4v) is 10.1. The second-order valence-electron chi connectivity index (χ2n) is 21.0. The molecule has 0 fully saturated rings. The van der Waals surface area contributed by atoms with Gasteiger partial charge in [0.1, 0.15) is 68.7 Å². The number of hydrogen-bond donors (Lipinski definition) is 1. The molecule has 10 aromatic carbocycles. The molecule has 422 valence electrons. The van der Waals surface area contributed by atoms with Crippen molar-refractivity contribution in [3.8, 4) is 46.0 Å². The number of carbonyl (C=O) groups excluding carboxylic acids is 1. The third-order valence-electron chi connectivity index (χ3n) is 14.5. The average molecular weight is 1120 g/mol. The summed E-state index contributed by atoms with van der Waals surface area (Å²) in [4.78, 5) is 13.5. The van der Waals surface area contributed by atoms with Crippen molar-refractivity contribution < 1.29 is 47.8 Å². The van der Waals surface area contributed by atoms with Gasteiger partial charge < -0.3 is 43.0 Å². The summed E-state index contributed by atoms with van der Waals surface area (Å²) < 4.78 is 50.1. The van der Waals surface area contributed by atoms with E-state index in [1.54, 1.807) is 0 Å². The molecule has 3 atom stereocenters. The first-order valence-electron chi connectivity index (χ1n) is 28.3. The number of hydrogen-bond acceptors (Lipinski definition) is 10. The monoisotopic (exact) mass is 1110 g/mol. The largest absolute Gasteiger partial charge is 0.488 e. The molecule has 0 amide bonds. The Labute approximate surface area is 491 Å². The number of fused-ring (bicyclic) bond motifs is 2. The van der Waals surface area contributed by atoms with Crippen molar-refractivity contribution in [2.75, 3.05) is 0 Å². The first-order valence-corrected chi connectivity index (χ1v) is 28.3. The zero-order chi connectivity index (χ0) is 57.5. The highest BCUT2D eigenvalue weighted by Crippen LogP contribution is 2.44. The highest BCUT2D eigenvalue weighted by atomic mass is 16.5. The first-order chi connectivity index (χ1) is 41.2. The fourth-order valence-electron chi connectivity index (χ4n) is 10.1. The summed E-state index contributed by atoms with van der Waals surface area (Å²) in [6, 6.07) is 79.3. The summed E-state index contributed by atoms with van der Waals surface area (Å²) in [5.74, 6) is 5.17. The van der Waals surface area contributed by atoms with E-state index in [1.165, 1.54) is 0 Å². The number of ether oxygens (including phenoxy) is 8. The summed E-state index contributed by atoms with van der Waals surface area (Å²) in [7, 11) is 0. The van der Waals surface area contributed by atoms with Gasteiger partial charge in [0.2, 0.25) is 0 Å². The number of rotatable bonds is 20. The number of ketones is 1. The van der Waals surface area contributed by atoms with Gasteiger partial charge in [0.15, 0.2) is 34.9 Å². The molecule has 10 heteroatoms. The second-order valence-corrected chi connectivity index (χ2v) is 21.0. The molecule has 2 aliphatic rings. The van der Waals surface area contributed by atoms with E-state index < -0.39 is 18.3 Å². The molecule has 10 aromatic rings. The maximum atomic E-state index is 13.5. The van der Waals surface area contributed by atoms with Crippen molar-refractivity contribution in [1.82, 2.24) is 0 Å². The minimum absolute atomic E-state index is 0.0390. The maximum absolute atomic E-state index is 13.5. The molecule has 0 spiro atoms. The number of aliphatic hydroxyl groups is 1. The van der Waals surface area contributed by atoms with Crippen LogP contribution in [0.4, 0.5) is 0 Å². The van der Waals surface area contributed by atoms with Crippen LogP contribution in [-0.2, 0) is 57.3 Å². The molecule has 1 N–H and O–H groups in total. The smallest absolute Gasteiger partial charge is 0.182 e. The molecule has 10 nitrogen and oxygen atoms in total. The van der Waals surface area contributed by atoms with Crippen molar-refractivity contribution in [2.45, 2.75) is 84.6 Å². The Morgan fingerprint density at radius 2 is 0.702 bits per heavy atom. The van der Waals surface area contributed by atoms with E-state index in [0.717, 1.165) is 72.7 Å². The summed E-state index contributed by atoms with van der Waals surface area (Å²) in [6.07, 6.45) is -1.46. The van der Waals surface area contributed by atoms with Crippen LogP contribution in [0.15, 0.2) is 243 Å². The van der Waals surface area contributed by atoms with E-state index in [1.807, 2.05) is 257 Å². The summed E-state index contributed by atoms with van der Waals surface area (Å²) in [6.45, 7) is 6.47. The molecule has 0 bridgehead atoms. The van der Waals surface area contributed by atoms with E-state index in [2.05, 4.69) is 0 Å². The van der Waals surface area contributed by atoms with E-state index >= 15 is 0 Å². The van der Waals surface area contributed by atoms with Gasteiger partial charge in [0.25, 0.3) is 0 Å². The molecule has 12 rings (SSSR count). The van der Waals surface area contributed by atoms with Gasteiger partial charge in [-0.2, -0.15) is 0 Å². The molecular weight excluding hydrogens is 1050 g/mol. The van der Waals surface area contributed by atoms with Crippen LogP contribution in [-0.4, -0.2) is 17.0 Å². The lowest BCUT2D eigenvalue weighted by molar-refractivity contribution is -0.126. The first kappa shape index (κ1) is 56.1. The lowest BCUT2D eigenvalue weighted by Gasteiger charge is -2.32. The maximum Gasteiger partial charge on any atom is 0.182 e. The molecule has 3 unspecified atom stereocenters. The van der Waals surface area contributed by atoms with Gasteiger partial charge >= 0.3 is 0 Å². The summed E-state index contributed by atoms with van der Waals surface area (Å²) in [5, 5.41) is 11.3. The quantitative estimate of drug-likeness (QED) is 0.0792. The minimum atomic E-state index is -0.766. The second kappa shape index (κ2) is 27.3. The minimum Gasteiger partial charge on any atom is -0.488 e. The van der Waals surface area contributed by atoms with E-state index in [9.17, 15) is 9.90 Å². The van der Waals surface area contributed by atoms with Crippen LogP contribution < -0.4 is 37.9 Å². The number of benzene rings is 10. The van der Waals surface area contributed by atoms with E-state index in [0.29, 0.717) is 86.1 Å². The Bertz CT molecular complexity index is 3750. The molecule has 84 heavy (non-hydrogen) atoms. The number of aliphatic hydroxyl groups excluding tert-OH is 1. The van der Waals surface area contributed by atoms with E-state index in [-0.39, 0.29) is 12.2 Å². The van der Waals surface area contributed by atoms with Crippen LogP contribution in [0.2, 0.25) is 0 Å². The van der Waals surface area contributed by atoms with Crippen molar-refractivity contribution >= 4 is 5.78 Å². The van der Waals surface area contributed by atoms with Crippen molar-refractivity contribution in [3.63, 3.8) is 0 Å². The molecule has 0 aromatic heterocycles. The van der Waals surface area contributed by atoms with Crippen LogP contribution in [0.5, 0.6) is 46.0 Å². The average Bonchev–Trinajstić information content (AvgIpc) is 2.99. The van der Waals surface area contributed by atoms with Gasteiger partial charge in [0.05, 0.1) is 6.10 Å². The molecule has 0 radical (unpaired) electrons. The lowest BCUT2D eigenvalue weighted by Crippen LogP contribution is -2.30. The Hall–Kier alpha value is -9.77. The van der Waals surface area contributed by atoms with Crippen LogP contribution in [0, 0.1) is 13.8 Å². The van der Waals surface area contributed by atoms with Crippen LogP contribution in [0.25, 0.3) is 0 Å². The van der Waals surface area contributed by atoms with Crippen molar-refractivity contribution in [1.29, 1.82) is 0 Å². The number of aryl methyl sites for hydroxylation is 2. The predicted molar refractivity (Wildman–Crippen MR) is 325 cm³/mol. The zero-order valence-corrected chi connectivity index (χ0v) is 47.1. The SMILES string of the molecule is Cc1cc(OCc2ccccc2)c2c(c1)OC(c1ccc(OCc3ccccc3)c(OCc3ccccc3)c1)C(=O)C2.Cc1cc(OCc2ccccc2)c2c(c1)OC(c1ccc(OCc3ccccc3)c(OCc3ccccc3)c1)C(O)C2.